The molecule has 1 aliphatic carbocycles. The fourth-order valence-electron chi connectivity index (χ4n) is 5.46. The highest BCUT2D eigenvalue weighted by atomic mass is 35.5. The Morgan fingerprint density at radius 2 is 2.02 bits per heavy atom. The summed E-state index contributed by atoms with van der Waals surface area (Å²) in [6, 6.07) is 10.9. The van der Waals surface area contributed by atoms with Gasteiger partial charge in [-0.15, -0.1) is 0 Å². The molecule has 2 atom stereocenters. The SMILES string of the molecule is C[C@H](CO[C@@H](C)C(=O)O)NC1CCC(Cc2cc(-c3cccc(NCC4(C#N)CCOCC4)n3)c(Cl)cn2)CC1. The number of nitrogens with zero attached hydrogens (tertiary/aromatic N) is 3. The number of hydrogen-bond donors (Lipinski definition) is 3. The van der Waals surface area contributed by atoms with E-state index in [0.29, 0.717) is 56.2 Å². The van der Waals surface area contributed by atoms with Crippen molar-refractivity contribution in [2.24, 2.45) is 11.3 Å². The minimum atomic E-state index is -0.939. The predicted molar refractivity (Wildman–Crippen MR) is 154 cm³/mol. The molecule has 1 aliphatic heterocycles. The average molecular weight is 570 g/mol. The van der Waals surface area contributed by atoms with Gasteiger partial charge in [-0.05, 0) is 82.9 Å². The van der Waals surface area contributed by atoms with E-state index in [2.05, 4.69) is 27.8 Å². The zero-order valence-corrected chi connectivity index (χ0v) is 24.1. The number of pyridine rings is 2. The van der Waals surface area contributed by atoms with Crippen LogP contribution < -0.4 is 10.6 Å². The Hall–Kier alpha value is -2.77. The van der Waals surface area contributed by atoms with Gasteiger partial charge in [-0.25, -0.2) is 9.78 Å². The van der Waals surface area contributed by atoms with E-state index in [4.69, 9.17) is 31.2 Å². The molecular weight excluding hydrogens is 530 g/mol. The lowest BCUT2D eigenvalue weighted by atomic mass is 9.82. The monoisotopic (exact) mass is 569 g/mol. The first-order chi connectivity index (χ1) is 19.3. The van der Waals surface area contributed by atoms with Crippen LogP contribution in [0.3, 0.4) is 0 Å². The Balaban J connectivity index is 1.31. The standard InChI is InChI=1S/C30H40ClN5O4/c1-20(17-40-21(2)29(37)38)35-23-8-6-22(7-9-23)14-24-15-25(26(31)16-33-24)27-4-3-5-28(36-27)34-19-30(18-32)10-12-39-13-11-30/h3-5,15-16,20-23,35H,6-14,17,19H2,1-2H3,(H,34,36)(H,37,38)/t20-,21+,22?,23?/m1/s1. The number of carbonyl (C=O) groups is 1. The number of aromatic nitrogens is 2. The first kappa shape index (κ1) is 30.2. The largest absolute Gasteiger partial charge is 0.479 e. The normalized spacial score (nSPS) is 22.1. The molecule has 0 amide bonds. The van der Waals surface area contributed by atoms with Crippen molar-refractivity contribution >= 4 is 23.4 Å². The number of hydrogen-bond acceptors (Lipinski definition) is 8. The van der Waals surface area contributed by atoms with Crippen LogP contribution in [0.4, 0.5) is 5.82 Å². The van der Waals surface area contributed by atoms with Crippen molar-refractivity contribution in [3.05, 3.63) is 41.2 Å². The van der Waals surface area contributed by atoms with Crippen molar-refractivity contribution < 1.29 is 19.4 Å². The summed E-state index contributed by atoms with van der Waals surface area (Å²) in [5.74, 6) is 0.322. The van der Waals surface area contributed by atoms with Gasteiger partial charge < -0.3 is 25.2 Å². The third kappa shape index (κ3) is 8.37. The first-order valence-electron chi connectivity index (χ1n) is 14.2. The molecule has 0 unspecified atom stereocenters. The Morgan fingerprint density at radius 3 is 2.73 bits per heavy atom. The van der Waals surface area contributed by atoms with Crippen LogP contribution in [0.25, 0.3) is 11.3 Å². The molecule has 2 aromatic rings. The van der Waals surface area contributed by atoms with Gasteiger partial charge in [0.25, 0.3) is 0 Å². The number of anilines is 1. The lowest BCUT2D eigenvalue weighted by Gasteiger charge is -2.31. The van der Waals surface area contributed by atoms with Crippen LogP contribution in [0.5, 0.6) is 0 Å². The third-order valence-corrected chi connectivity index (χ3v) is 8.34. The molecule has 10 heteroatoms. The summed E-state index contributed by atoms with van der Waals surface area (Å²) in [5.41, 5.74) is 2.21. The van der Waals surface area contributed by atoms with Gasteiger partial charge in [-0.2, -0.15) is 5.26 Å². The quantitative estimate of drug-likeness (QED) is 0.319. The summed E-state index contributed by atoms with van der Waals surface area (Å²) < 4.78 is 10.9. The van der Waals surface area contributed by atoms with Crippen molar-refractivity contribution in [1.82, 2.24) is 15.3 Å². The number of carboxylic acid groups (broad SMARTS) is 1. The smallest absolute Gasteiger partial charge is 0.332 e. The van der Waals surface area contributed by atoms with E-state index in [1.165, 1.54) is 0 Å². The van der Waals surface area contributed by atoms with Crippen molar-refractivity contribution in [2.45, 2.75) is 77.0 Å². The second-order valence-corrected chi connectivity index (χ2v) is 11.6. The molecule has 216 valence electrons. The molecule has 0 aromatic carbocycles. The summed E-state index contributed by atoms with van der Waals surface area (Å²) in [4.78, 5) is 20.4. The van der Waals surface area contributed by atoms with E-state index in [9.17, 15) is 10.1 Å². The molecule has 2 fully saturated rings. The second-order valence-electron chi connectivity index (χ2n) is 11.2. The van der Waals surface area contributed by atoms with Gasteiger partial charge in [-0.3, -0.25) is 4.98 Å². The molecule has 40 heavy (non-hydrogen) atoms. The van der Waals surface area contributed by atoms with Crippen LogP contribution in [0.15, 0.2) is 30.5 Å². The van der Waals surface area contributed by atoms with E-state index in [1.807, 2.05) is 25.1 Å². The Kier molecular flexibility index (Phi) is 10.7. The molecule has 2 aromatic heterocycles. The van der Waals surface area contributed by atoms with Gasteiger partial charge in [0.05, 0.1) is 28.8 Å². The number of rotatable bonds is 12. The molecule has 1 saturated carbocycles. The number of nitriles is 1. The highest BCUT2D eigenvalue weighted by Gasteiger charge is 2.32. The van der Waals surface area contributed by atoms with E-state index >= 15 is 0 Å². The molecule has 0 bridgehead atoms. The van der Waals surface area contributed by atoms with Gasteiger partial charge in [0.2, 0.25) is 0 Å². The van der Waals surface area contributed by atoms with Crippen LogP contribution in [0.1, 0.15) is 58.1 Å². The molecule has 2 aliphatic rings. The number of halogens is 1. The van der Waals surface area contributed by atoms with Crippen molar-refractivity contribution in [1.29, 1.82) is 5.26 Å². The highest BCUT2D eigenvalue weighted by Crippen LogP contribution is 2.32. The Bertz CT molecular complexity index is 1170. The number of nitrogens with one attached hydrogen (secondary N) is 2. The first-order valence-corrected chi connectivity index (χ1v) is 14.6. The van der Waals surface area contributed by atoms with Crippen LogP contribution >= 0.6 is 11.6 Å². The van der Waals surface area contributed by atoms with Crippen molar-refractivity contribution in [3.63, 3.8) is 0 Å². The molecule has 3 heterocycles. The maximum Gasteiger partial charge on any atom is 0.332 e. The molecule has 0 spiro atoms. The van der Waals surface area contributed by atoms with Crippen LogP contribution in [0, 0.1) is 22.7 Å². The highest BCUT2D eigenvalue weighted by molar-refractivity contribution is 6.33. The summed E-state index contributed by atoms with van der Waals surface area (Å²) >= 11 is 6.57. The Labute approximate surface area is 241 Å². The number of ether oxygens (including phenoxy) is 2. The van der Waals surface area contributed by atoms with Gasteiger partial charge in [0.15, 0.2) is 6.10 Å². The molecule has 9 nitrogen and oxygen atoms in total. The topological polar surface area (TPSA) is 129 Å². The van der Waals surface area contributed by atoms with Gasteiger partial charge in [0.1, 0.15) is 5.82 Å². The van der Waals surface area contributed by atoms with E-state index in [0.717, 1.165) is 54.9 Å². The number of carboxylic acids is 1. The number of aliphatic carboxylic acids is 1. The van der Waals surface area contributed by atoms with E-state index in [1.54, 1.807) is 13.1 Å². The molecule has 0 radical (unpaired) electrons. The van der Waals surface area contributed by atoms with Gasteiger partial charge in [0, 0.05) is 49.3 Å². The fraction of sp³-hybridized carbons (Fsp3) is 0.600. The molecule has 3 N–H and O–H groups in total. The van der Waals surface area contributed by atoms with E-state index in [-0.39, 0.29) is 6.04 Å². The van der Waals surface area contributed by atoms with Crippen molar-refractivity contribution in [2.75, 3.05) is 31.7 Å². The van der Waals surface area contributed by atoms with Crippen LogP contribution in [0.2, 0.25) is 5.02 Å². The fourth-order valence-corrected chi connectivity index (χ4v) is 5.66. The zero-order valence-electron chi connectivity index (χ0n) is 23.4. The minimum Gasteiger partial charge on any atom is -0.479 e. The molecule has 1 saturated heterocycles. The zero-order chi connectivity index (χ0) is 28.5. The summed E-state index contributed by atoms with van der Waals surface area (Å²) in [6.07, 6.45) is 7.56. The van der Waals surface area contributed by atoms with Gasteiger partial charge in [-0.1, -0.05) is 17.7 Å². The van der Waals surface area contributed by atoms with Crippen LogP contribution in [-0.4, -0.2) is 65.6 Å². The molecular formula is C30H40ClN5O4. The predicted octanol–water partition coefficient (Wildman–Crippen LogP) is 5.10. The lowest BCUT2D eigenvalue weighted by molar-refractivity contribution is -0.149. The van der Waals surface area contributed by atoms with Gasteiger partial charge >= 0.3 is 5.97 Å². The summed E-state index contributed by atoms with van der Waals surface area (Å²) in [5, 5.41) is 26.2. The second kappa shape index (κ2) is 14.2. The van der Waals surface area contributed by atoms with E-state index < -0.39 is 17.5 Å². The maximum absolute atomic E-state index is 10.9. The summed E-state index contributed by atoms with van der Waals surface area (Å²) in [6.45, 7) is 5.72. The minimum absolute atomic E-state index is 0.101. The third-order valence-electron chi connectivity index (χ3n) is 8.04. The Morgan fingerprint density at radius 1 is 1.27 bits per heavy atom. The average Bonchev–Trinajstić information content (AvgIpc) is 2.97. The van der Waals surface area contributed by atoms with Crippen LogP contribution in [-0.2, 0) is 20.7 Å². The summed E-state index contributed by atoms with van der Waals surface area (Å²) in [7, 11) is 0. The molecule has 4 rings (SSSR count). The lowest BCUT2D eigenvalue weighted by Crippen LogP contribution is -2.42. The van der Waals surface area contributed by atoms with Crippen molar-refractivity contribution in [3.8, 4) is 17.3 Å². The maximum atomic E-state index is 10.9.